The van der Waals surface area contributed by atoms with E-state index >= 15 is 0 Å². The number of nitrogens with one attached hydrogen (secondary N) is 5. The van der Waals surface area contributed by atoms with Gasteiger partial charge < -0.3 is 96.9 Å². The van der Waals surface area contributed by atoms with Crippen molar-refractivity contribution in [2.24, 2.45) is 27.2 Å². The first-order valence-corrected chi connectivity index (χ1v) is 37.6. The number of primary amides is 2. The first-order valence-electron chi connectivity index (χ1n) is 37.6. The summed E-state index contributed by atoms with van der Waals surface area (Å²) < 4.78 is 31.6. The number of piperidine rings is 5. The molecule has 0 aliphatic carbocycles. The number of amidine groups is 2. The van der Waals surface area contributed by atoms with E-state index in [1.165, 1.54) is 9.80 Å². The molecule has 32 nitrogen and oxygen atoms in total. The van der Waals surface area contributed by atoms with Crippen LogP contribution in [0, 0.1) is 0 Å². The highest BCUT2D eigenvalue weighted by atomic mass is 16.6. The average Bonchev–Trinajstić information content (AvgIpc) is 1.62. The highest BCUT2D eigenvalue weighted by Gasteiger charge is 2.50. The first kappa shape index (κ1) is 88.3. The molecule has 0 atom stereocenters. The SMILES string of the molecule is CC(C)(C)OC(=O)N1CCC(N)(C(N)=O)CC1.CC(C)(C)OC(=O)N1CCC(NC(=O)OCc2ccccc2)(C(=O)O)CC1.CC(C)(C)OC(=O)N1CCC(NC(=O)OCc2ccccc2)(C(N)=O)CC1.CC(C)(C)OC(=O)N1CCC2(CC1)N=C(c1ccccc1)NC2=O.O=C1NC(c2ccccc2)=NC12CCNCC2. The smallest absolute Gasteiger partial charge is 0.410 e. The van der Waals surface area contributed by atoms with Gasteiger partial charge in [0.15, 0.2) is 0 Å². The third-order valence-corrected chi connectivity index (χ3v) is 19.1. The Hall–Kier alpha value is -10.9. The van der Waals surface area contributed by atoms with Gasteiger partial charge in [0.1, 0.15) is 69.4 Å². The molecule has 7 heterocycles. The second-order valence-electron chi connectivity index (χ2n) is 32.5. The fourth-order valence-electron chi connectivity index (χ4n) is 12.6. The number of amides is 10. The molecule has 0 unspecified atom stereocenters. The van der Waals surface area contributed by atoms with E-state index in [1.54, 1.807) is 63.5 Å². The largest absolute Gasteiger partial charge is 0.480 e. The molecule has 0 bridgehead atoms. The Kier molecular flexibility index (Phi) is 29.9. The minimum atomic E-state index is -1.47. The molecule has 10 amide bonds. The average molecular weight is 1560 g/mol. The Bertz CT molecular complexity index is 3850. The number of ether oxygens (including phenoxy) is 6. The number of alkyl carbamates (subject to hydrolysis) is 2. The molecule has 0 saturated carbocycles. The molecule has 5 fully saturated rings. The quantitative estimate of drug-likeness (QED) is 0.0639. The van der Waals surface area contributed by atoms with E-state index < -0.39 is 92.3 Å². The highest BCUT2D eigenvalue weighted by molar-refractivity contribution is 6.16. The predicted octanol–water partition coefficient (Wildman–Crippen LogP) is 8.15. The van der Waals surface area contributed by atoms with Crippen molar-refractivity contribution in [1.82, 2.24) is 46.2 Å². The molecular weight excluding hydrogens is 1440 g/mol. The number of carboxylic acid groups (broad SMARTS) is 1. The van der Waals surface area contributed by atoms with Gasteiger partial charge in [0.05, 0.1) is 5.54 Å². The normalized spacial score (nSPS) is 18.5. The van der Waals surface area contributed by atoms with Crippen molar-refractivity contribution in [3.8, 4) is 0 Å². The molecular formula is C80H112N14O18. The van der Waals surface area contributed by atoms with Crippen molar-refractivity contribution in [2.75, 3.05) is 65.4 Å². The maximum atomic E-state index is 12.5. The number of carboxylic acids is 1. The van der Waals surface area contributed by atoms with Crippen molar-refractivity contribution < 1.29 is 86.3 Å². The second-order valence-corrected chi connectivity index (χ2v) is 32.5. The maximum Gasteiger partial charge on any atom is 0.410 e. The van der Waals surface area contributed by atoms with E-state index in [9.17, 15) is 57.8 Å². The van der Waals surface area contributed by atoms with Gasteiger partial charge >= 0.3 is 42.5 Å². The highest BCUT2D eigenvalue weighted by Crippen LogP contribution is 2.34. The van der Waals surface area contributed by atoms with Gasteiger partial charge in [-0.1, -0.05) is 121 Å². The fraction of sp³-hybridized carbons (Fsp3) is 0.537. The molecule has 610 valence electrons. The fourth-order valence-corrected chi connectivity index (χ4v) is 12.6. The van der Waals surface area contributed by atoms with Crippen LogP contribution in [-0.4, -0.2) is 218 Å². The molecule has 32 heteroatoms. The van der Waals surface area contributed by atoms with Crippen molar-refractivity contribution in [3.05, 3.63) is 144 Å². The molecule has 7 aliphatic heterocycles. The summed E-state index contributed by atoms with van der Waals surface area (Å²) in [5.74, 6) is -1.00. The summed E-state index contributed by atoms with van der Waals surface area (Å²) in [4.78, 5) is 147. The van der Waals surface area contributed by atoms with Crippen LogP contribution in [0.1, 0.15) is 170 Å². The van der Waals surface area contributed by atoms with Crippen molar-refractivity contribution in [3.63, 3.8) is 0 Å². The number of aliphatic imine (C=N–C) groups is 2. The van der Waals surface area contributed by atoms with Gasteiger partial charge in [-0.2, -0.15) is 0 Å². The summed E-state index contributed by atoms with van der Waals surface area (Å²) in [7, 11) is 0. The first-order chi connectivity index (χ1) is 52.5. The van der Waals surface area contributed by atoms with Crippen molar-refractivity contribution in [2.45, 2.75) is 211 Å². The molecule has 0 aromatic heterocycles. The number of carbonyl (C=O) groups is 11. The number of aliphatic carboxylic acids is 1. The zero-order valence-electron chi connectivity index (χ0n) is 66.4. The van der Waals surface area contributed by atoms with E-state index in [0.29, 0.717) is 57.7 Å². The van der Waals surface area contributed by atoms with Crippen LogP contribution in [0.15, 0.2) is 131 Å². The molecule has 0 radical (unpaired) electrons. The van der Waals surface area contributed by atoms with Gasteiger partial charge in [0, 0.05) is 63.5 Å². The predicted molar refractivity (Wildman–Crippen MR) is 416 cm³/mol. The van der Waals surface area contributed by atoms with Crippen LogP contribution in [0.3, 0.4) is 0 Å². The lowest BCUT2D eigenvalue weighted by atomic mass is 9.87. The van der Waals surface area contributed by atoms with Crippen molar-refractivity contribution >= 4 is 77.8 Å². The Morgan fingerprint density at radius 3 is 1.01 bits per heavy atom. The summed E-state index contributed by atoms with van der Waals surface area (Å²) >= 11 is 0. The Labute approximate surface area is 654 Å². The van der Waals surface area contributed by atoms with Crippen molar-refractivity contribution in [1.29, 1.82) is 0 Å². The number of carbonyl (C=O) groups excluding carboxylic acids is 10. The number of likely N-dealkylation sites (tertiary alicyclic amines) is 4. The van der Waals surface area contributed by atoms with Crippen LogP contribution in [0.2, 0.25) is 0 Å². The summed E-state index contributed by atoms with van der Waals surface area (Å²) in [5.41, 5.74) is 12.9. The zero-order valence-corrected chi connectivity index (χ0v) is 66.4. The second kappa shape index (κ2) is 37.9. The van der Waals surface area contributed by atoms with Crippen LogP contribution in [0.5, 0.6) is 0 Å². The molecule has 12 N–H and O–H groups in total. The molecule has 4 aromatic carbocycles. The number of rotatable bonds is 11. The van der Waals surface area contributed by atoms with Crippen LogP contribution in [0.25, 0.3) is 0 Å². The van der Waals surface area contributed by atoms with Gasteiger partial charge in [-0.05, 0) is 172 Å². The van der Waals surface area contributed by atoms with Gasteiger partial charge in [-0.25, -0.2) is 33.6 Å². The Morgan fingerprint density at radius 2 is 0.705 bits per heavy atom. The van der Waals surface area contributed by atoms with Gasteiger partial charge in [-0.3, -0.25) is 29.2 Å². The number of hydrogen-bond acceptors (Lipinski definition) is 21. The molecule has 11 rings (SSSR count). The molecule has 2 spiro atoms. The van der Waals surface area contributed by atoms with Crippen LogP contribution >= 0.6 is 0 Å². The number of hydrogen-bond donors (Lipinski definition) is 9. The molecule has 4 aromatic rings. The third kappa shape index (κ3) is 26.1. The number of nitrogens with zero attached hydrogens (tertiary/aromatic N) is 6. The third-order valence-electron chi connectivity index (χ3n) is 19.1. The summed E-state index contributed by atoms with van der Waals surface area (Å²) in [6.45, 7) is 26.0. The number of benzene rings is 4. The topological polar surface area (TPSA) is 439 Å². The monoisotopic (exact) mass is 1560 g/mol. The van der Waals surface area contributed by atoms with Crippen LogP contribution in [-0.2, 0) is 65.6 Å². The zero-order chi connectivity index (χ0) is 82.5. The summed E-state index contributed by atoms with van der Waals surface area (Å²) in [5, 5.41) is 23.8. The Balaban J connectivity index is 0.000000197. The van der Waals surface area contributed by atoms with Gasteiger partial charge in [0.25, 0.3) is 11.8 Å². The molecule has 5 saturated heterocycles. The van der Waals surface area contributed by atoms with E-state index in [4.69, 9.17) is 45.6 Å². The standard InChI is InChI=1S/C19H27N3O5.C19H26N2O6.C18H23N3O3.C13H15N3O.C11H21N3O3/c1-18(2,3)27-17(25)22-11-9-19(10-12-22,15(20)23)21-16(24)26-13-14-7-5-4-6-8-14;1-18(2,3)27-17(25)21-11-9-19(10-12-21,15(22)23)20-16(24)26-13-14-7-5-4-6-8-14;1-17(2,3)24-16(23)21-11-9-18(10-12-21)15(22)19-14(20-18)13-7-5-4-6-8-13;17-12-13(6-8-14-9-7-13)16-11(15-12)10-4-2-1-3-5-10;1-10(2,3)17-9(16)14-6-4-11(13,5-7-14)8(12)15/h4-8H,9-13H2,1-3H3,(H2,20,23)(H,21,24);4-8H,9-13H2,1-3H3,(H,20,24)(H,22,23);4-8H,9-12H2,1-3H3,(H,19,20,22);1-5,14H,6-9H2,(H,15,16,17);4-7,13H2,1-3H3,(H2,12,15). The van der Waals surface area contributed by atoms with E-state index in [2.05, 4.69) is 36.6 Å². The minimum absolute atomic E-state index is 0.0480. The lowest BCUT2D eigenvalue weighted by Crippen LogP contribution is -2.63. The molecule has 7 aliphatic rings. The summed E-state index contributed by atoms with van der Waals surface area (Å²) in [6, 6.07) is 37.7. The summed E-state index contributed by atoms with van der Waals surface area (Å²) in [6.07, 6.45) is 0.715. The number of nitrogens with two attached hydrogens (primary N) is 3. The Morgan fingerprint density at radius 1 is 0.420 bits per heavy atom. The minimum Gasteiger partial charge on any atom is -0.480 e. The lowest BCUT2D eigenvalue weighted by Gasteiger charge is -2.39. The van der Waals surface area contributed by atoms with E-state index in [0.717, 1.165) is 54.0 Å². The van der Waals surface area contributed by atoms with E-state index in [-0.39, 0.29) is 89.1 Å². The maximum absolute atomic E-state index is 12.5. The van der Waals surface area contributed by atoms with Gasteiger partial charge in [0.2, 0.25) is 11.8 Å². The van der Waals surface area contributed by atoms with E-state index in [1.807, 2.05) is 151 Å². The van der Waals surface area contributed by atoms with Crippen LogP contribution in [0.4, 0.5) is 28.8 Å². The molecule has 112 heavy (non-hydrogen) atoms. The van der Waals surface area contributed by atoms with Gasteiger partial charge in [-0.15, -0.1) is 0 Å². The van der Waals surface area contributed by atoms with Crippen LogP contribution < -0.4 is 43.8 Å². The lowest BCUT2D eigenvalue weighted by molar-refractivity contribution is -0.147.